The van der Waals surface area contributed by atoms with Crippen molar-refractivity contribution in [1.29, 1.82) is 0 Å². The van der Waals surface area contributed by atoms with Crippen molar-refractivity contribution in [2.45, 2.75) is 19.8 Å². The fourth-order valence-electron chi connectivity index (χ4n) is 3.36. The van der Waals surface area contributed by atoms with E-state index in [9.17, 15) is 14.0 Å². The smallest absolute Gasteiger partial charge is 0.282 e. The van der Waals surface area contributed by atoms with Crippen LogP contribution in [0.1, 0.15) is 31.2 Å². The molecule has 0 bridgehead atoms. The first kappa shape index (κ1) is 26.0. The van der Waals surface area contributed by atoms with Crippen molar-refractivity contribution in [2.24, 2.45) is 5.10 Å². The molecule has 0 spiro atoms. The Morgan fingerprint density at radius 3 is 2.64 bits per heavy atom. The summed E-state index contributed by atoms with van der Waals surface area (Å²) in [5, 5.41) is 7.57. The molecule has 0 unspecified atom stereocenters. The molecule has 0 aliphatic heterocycles. The number of amides is 1. The first-order valence-electron chi connectivity index (χ1n) is 11.0. The number of nitrogens with one attached hydrogen (secondary N) is 1. The molecule has 0 fully saturated rings. The number of aromatic nitrogens is 2. The normalized spacial score (nSPS) is 11.4. The summed E-state index contributed by atoms with van der Waals surface area (Å²) in [6, 6.07) is 16.2. The third-order valence-corrected chi connectivity index (χ3v) is 6.45. The van der Waals surface area contributed by atoms with Crippen molar-refractivity contribution >= 4 is 67.2 Å². The van der Waals surface area contributed by atoms with Crippen LogP contribution in [0.2, 0.25) is 0 Å². The largest absolute Gasteiger partial charge is 0.483 e. The Morgan fingerprint density at radius 1 is 1.19 bits per heavy atom. The maximum Gasteiger partial charge on any atom is 0.282 e. The number of fused-ring (bicyclic) bond motifs is 1. The Morgan fingerprint density at radius 2 is 1.94 bits per heavy atom. The molecule has 7 nitrogen and oxygen atoms in total. The highest BCUT2D eigenvalue weighted by molar-refractivity contribution is 14.1. The van der Waals surface area contributed by atoms with Crippen LogP contribution in [0, 0.1) is 9.39 Å². The Balaban J connectivity index is 1.50. The number of carbonyl (C=O) groups is 1. The maximum atomic E-state index is 13.2. The van der Waals surface area contributed by atoms with Gasteiger partial charge in [0.25, 0.3) is 11.5 Å². The van der Waals surface area contributed by atoms with Crippen molar-refractivity contribution in [3.05, 3.63) is 96.3 Å². The van der Waals surface area contributed by atoms with E-state index < -0.39 is 0 Å². The molecular formula is C26H21BrFIN4O3. The Labute approximate surface area is 228 Å². The standard InChI is InChI=1S/C26H21BrFIN4O3/c1-15(2)25-32-22-9-4-17(27)12-20(22)26(35)33(25)30-13-16-3-10-23(21(29)11-16)36-14-24(34)31-19-7-5-18(28)6-8-19/h3-13,15H,14H2,1-2H3,(H,31,34). The second-order valence-corrected chi connectivity index (χ2v) is 10.3. The first-order valence-corrected chi connectivity index (χ1v) is 12.8. The van der Waals surface area contributed by atoms with Crippen molar-refractivity contribution in [3.63, 3.8) is 0 Å². The highest BCUT2D eigenvalue weighted by Crippen LogP contribution is 2.22. The molecule has 0 aliphatic rings. The molecule has 36 heavy (non-hydrogen) atoms. The number of ether oxygens (including phenoxy) is 1. The molecule has 184 valence electrons. The van der Waals surface area contributed by atoms with E-state index in [1.807, 2.05) is 32.0 Å². The molecule has 1 aromatic heterocycles. The molecule has 0 saturated heterocycles. The molecule has 4 aromatic rings. The van der Waals surface area contributed by atoms with Gasteiger partial charge in [-0.25, -0.2) is 9.37 Å². The van der Waals surface area contributed by atoms with E-state index in [0.29, 0.717) is 28.2 Å². The van der Waals surface area contributed by atoms with E-state index in [0.717, 1.165) is 13.6 Å². The lowest BCUT2D eigenvalue weighted by Gasteiger charge is -2.12. The van der Waals surface area contributed by atoms with E-state index in [4.69, 9.17) is 4.74 Å². The van der Waals surface area contributed by atoms with E-state index in [-0.39, 0.29) is 29.8 Å². The van der Waals surface area contributed by atoms with Crippen molar-refractivity contribution in [1.82, 2.24) is 9.66 Å². The molecule has 0 atom stereocenters. The van der Waals surface area contributed by atoms with Crippen LogP contribution in [-0.4, -0.2) is 28.4 Å². The number of hydrogen-bond donors (Lipinski definition) is 1. The van der Waals surface area contributed by atoms with Crippen LogP contribution < -0.4 is 15.6 Å². The topological polar surface area (TPSA) is 85.6 Å². The number of anilines is 1. The summed E-state index contributed by atoms with van der Waals surface area (Å²) in [6.45, 7) is 3.71. The zero-order chi connectivity index (χ0) is 25.8. The predicted molar refractivity (Wildman–Crippen MR) is 150 cm³/mol. The van der Waals surface area contributed by atoms with Gasteiger partial charge in [0.05, 0.1) is 20.7 Å². The number of carbonyl (C=O) groups excluding carboxylic acids is 1. The minimum absolute atomic E-state index is 0.0140. The van der Waals surface area contributed by atoms with Gasteiger partial charge in [0, 0.05) is 16.1 Å². The molecule has 3 aromatic carbocycles. The van der Waals surface area contributed by atoms with Gasteiger partial charge >= 0.3 is 0 Å². The van der Waals surface area contributed by atoms with Gasteiger partial charge in [-0.2, -0.15) is 9.78 Å². The number of hydrogen-bond acceptors (Lipinski definition) is 5. The molecule has 0 saturated carbocycles. The Hall–Kier alpha value is -3.12. The zero-order valence-corrected chi connectivity index (χ0v) is 23.1. The van der Waals surface area contributed by atoms with Gasteiger partial charge in [-0.05, 0) is 88.8 Å². The van der Waals surface area contributed by atoms with E-state index in [2.05, 4.69) is 53.9 Å². The average Bonchev–Trinajstić information content (AvgIpc) is 2.84. The van der Waals surface area contributed by atoms with Crippen LogP contribution in [0.25, 0.3) is 10.9 Å². The summed E-state index contributed by atoms with van der Waals surface area (Å²) < 4.78 is 21.5. The van der Waals surface area contributed by atoms with Gasteiger partial charge in [0.1, 0.15) is 17.4 Å². The number of benzene rings is 3. The Bertz CT molecular complexity index is 1520. The van der Waals surface area contributed by atoms with E-state index >= 15 is 0 Å². The quantitative estimate of drug-likeness (QED) is 0.197. The summed E-state index contributed by atoms with van der Waals surface area (Å²) in [4.78, 5) is 29.9. The van der Waals surface area contributed by atoms with Gasteiger partial charge in [-0.15, -0.1) is 0 Å². The second-order valence-electron chi connectivity index (χ2n) is 8.18. The third-order valence-electron chi connectivity index (χ3n) is 5.11. The van der Waals surface area contributed by atoms with Crippen LogP contribution in [0.5, 0.6) is 5.75 Å². The first-order chi connectivity index (χ1) is 17.2. The zero-order valence-electron chi connectivity index (χ0n) is 19.3. The number of halogens is 3. The monoisotopic (exact) mass is 662 g/mol. The van der Waals surface area contributed by atoms with Crippen LogP contribution in [0.15, 0.2) is 75.0 Å². The molecular weight excluding hydrogens is 642 g/mol. The lowest BCUT2D eigenvalue weighted by molar-refractivity contribution is -0.118. The molecule has 0 aliphatic carbocycles. The lowest BCUT2D eigenvalue weighted by Crippen LogP contribution is -2.23. The summed E-state index contributed by atoms with van der Waals surface area (Å²) in [5.41, 5.74) is 1.61. The third kappa shape index (κ3) is 6.16. The molecule has 10 heteroatoms. The second kappa shape index (κ2) is 11.3. The lowest BCUT2D eigenvalue weighted by atomic mass is 10.2. The minimum atomic E-state index is -0.377. The van der Waals surface area contributed by atoms with Crippen LogP contribution >= 0.6 is 38.5 Å². The molecule has 1 amide bonds. The van der Waals surface area contributed by atoms with Crippen molar-refractivity contribution in [3.8, 4) is 5.75 Å². The highest BCUT2D eigenvalue weighted by atomic mass is 127. The Kier molecular flexibility index (Phi) is 8.14. The highest BCUT2D eigenvalue weighted by Gasteiger charge is 2.14. The van der Waals surface area contributed by atoms with Gasteiger partial charge < -0.3 is 10.1 Å². The van der Waals surface area contributed by atoms with Crippen LogP contribution in [0.3, 0.4) is 0 Å². The molecule has 4 rings (SSSR count). The van der Waals surface area contributed by atoms with Gasteiger partial charge in [-0.1, -0.05) is 29.8 Å². The SMILES string of the molecule is CC(C)c1nc2ccc(Br)cc2c(=O)n1N=Cc1ccc(OCC(=O)Nc2ccc(F)cc2)c(I)c1. The number of nitrogens with zero attached hydrogens (tertiary/aromatic N) is 3. The molecule has 1 heterocycles. The summed E-state index contributed by atoms with van der Waals surface area (Å²) in [6.07, 6.45) is 1.59. The molecule has 0 radical (unpaired) electrons. The minimum Gasteiger partial charge on any atom is -0.483 e. The van der Waals surface area contributed by atoms with Crippen LogP contribution in [-0.2, 0) is 4.79 Å². The van der Waals surface area contributed by atoms with Gasteiger partial charge in [0.15, 0.2) is 6.61 Å². The predicted octanol–water partition coefficient (Wildman–Crippen LogP) is 5.93. The average molecular weight is 663 g/mol. The van der Waals surface area contributed by atoms with Gasteiger partial charge in [0.2, 0.25) is 0 Å². The summed E-state index contributed by atoms with van der Waals surface area (Å²) in [5.74, 6) is 0.337. The molecule has 1 N–H and O–H groups in total. The number of rotatable bonds is 7. The fourth-order valence-corrected chi connectivity index (χ4v) is 4.42. The van der Waals surface area contributed by atoms with E-state index in [1.54, 1.807) is 24.4 Å². The van der Waals surface area contributed by atoms with E-state index in [1.165, 1.54) is 28.9 Å². The fraction of sp³-hybridized carbons (Fsp3) is 0.154. The van der Waals surface area contributed by atoms with Crippen molar-refractivity contribution in [2.75, 3.05) is 11.9 Å². The summed E-state index contributed by atoms with van der Waals surface area (Å²) in [7, 11) is 0. The van der Waals surface area contributed by atoms with Gasteiger partial charge in [-0.3, -0.25) is 9.59 Å². The maximum absolute atomic E-state index is 13.2. The van der Waals surface area contributed by atoms with Crippen LogP contribution in [0.4, 0.5) is 10.1 Å². The van der Waals surface area contributed by atoms with Crippen molar-refractivity contribution < 1.29 is 13.9 Å². The summed E-state index contributed by atoms with van der Waals surface area (Å²) >= 11 is 5.51.